The van der Waals surface area contributed by atoms with E-state index in [2.05, 4.69) is 15.6 Å². The number of hydrogen-bond acceptors (Lipinski definition) is 9. The van der Waals surface area contributed by atoms with Crippen LogP contribution in [0, 0.1) is 5.41 Å². The fourth-order valence-electron chi connectivity index (χ4n) is 2.88. The molecule has 33 heavy (non-hydrogen) atoms. The summed E-state index contributed by atoms with van der Waals surface area (Å²) in [6.45, 7) is 0.982. The Morgan fingerprint density at radius 1 is 1.12 bits per heavy atom. The first-order valence-electron chi connectivity index (χ1n) is 9.29. The fraction of sp³-hybridized carbons (Fsp3) is 0.158. The normalized spacial score (nSPS) is 13.6. The molecule has 0 bridgehead atoms. The van der Waals surface area contributed by atoms with Gasteiger partial charge in [-0.1, -0.05) is 22.9 Å². The summed E-state index contributed by atoms with van der Waals surface area (Å²) in [7, 11) is -3.71. The number of sulfone groups is 1. The van der Waals surface area contributed by atoms with Crippen LogP contribution in [0.1, 0.15) is 19.3 Å². The Bertz CT molecular complexity index is 1350. The number of rotatable bonds is 6. The first-order chi connectivity index (χ1) is 15.6. The lowest BCUT2D eigenvalue weighted by Crippen LogP contribution is -2.23. The zero-order valence-electron chi connectivity index (χ0n) is 16.9. The molecule has 1 aliphatic heterocycles. The summed E-state index contributed by atoms with van der Waals surface area (Å²) in [5.74, 6) is -1.36. The van der Waals surface area contributed by atoms with Crippen LogP contribution >= 0.6 is 34.3 Å². The second-order valence-electron chi connectivity index (χ2n) is 6.79. The Balaban J connectivity index is 1.56. The quantitative estimate of drug-likeness (QED) is 0.447. The number of benzene rings is 1. The molecule has 0 aliphatic carbocycles. The second kappa shape index (κ2) is 9.09. The lowest BCUT2D eigenvalue weighted by Gasteiger charge is -2.15. The molecule has 1 saturated heterocycles. The zero-order chi connectivity index (χ0) is 23.8. The van der Waals surface area contributed by atoms with E-state index in [9.17, 15) is 18.0 Å². The Morgan fingerprint density at radius 2 is 1.85 bits per heavy atom. The monoisotopic (exact) mass is 525 g/mol. The maximum absolute atomic E-state index is 12.9. The summed E-state index contributed by atoms with van der Waals surface area (Å²) in [5, 5.41) is 12.9. The number of amidine groups is 1. The largest absolute Gasteiger partial charge is 0.463 e. The molecule has 1 fully saturated rings. The SMILES string of the molecule is CS(=O)(=O)c1nc(NC(=O)c2ccc(Cl)s2)c(C(=O)Nc2ccc(N3CCOC3=N)cc2)s1. The first-order valence-corrected chi connectivity index (χ1v) is 13.2. The van der Waals surface area contributed by atoms with Crippen LogP contribution in [0.15, 0.2) is 40.7 Å². The Hall–Kier alpha value is -3.00. The van der Waals surface area contributed by atoms with Gasteiger partial charge in [-0.3, -0.25) is 19.9 Å². The molecule has 1 aliphatic rings. The van der Waals surface area contributed by atoms with Gasteiger partial charge in [-0.15, -0.1) is 11.3 Å². The van der Waals surface area contributed by atoms with Crippen molar-refractivity contribution in [2.24, 2.45) is 0 Å². The van der Waals surface area contributed by atoms with E-state index in [0.29, 0.717) is 34.5 Å². The number of amides is 2. The molecule has 2 amide bonds. The first kappa shape index (κ1) is 23.2. The highest BCUT2D eigenvalue weighted by molar-refractivity contribution is 7.92. The van der Waals surface area contributed by atoms with Gasteiger partial charge in [-0.05, 0) is 36.4 Å². The Labute approximate surface area is 201 Å². The molecule has 0 atom stereocenters. The average Bonchev–Trinajstić information content (AvgIpc) is 3.48. The van der Waals surface area contributed by atoms with Crippen molar-refractivity contribution in [1.82, 2.24) is 4.98 Å². The summed E-state index contributed by atoms with van der Waals surface area (Å²) >= 11 is 7.56. The van der Waals surface area contributed by atoms with Gasteiger partial charge in [-0.2, -0.15) is 0 Å². The smallest absolute Gasteiger partial charge is 0.289 e. The number of anilines is 3. The molecule has 0 saturated carbocycles. The number of aromatic nitrogens is 1. The van der Waals surface area contributed by atoms with Crippen LogP contribution in [0.2, 0.25) is 4.34 Å². The molecule has 1 aromatic carbocycles. The minimum atomic E-state index is -3.71. The van der Waals surface area contributed by atoms with Gasteiger partial charge in [0, 0.05) is 17.6 Å². The number of halogens is 1. The third-order valence-electron chi connectivity index (χ3n) is 4.40. The number of hydrogen-bond donors (Lipinski definition) is 3. The number of ether oxygens (including phenoxy) is 1. The summed E-state index contributed by atoms with van der Waals surface area (Å²) in [5.41, 5.74) is 1.17. The summed E-state index contributed by atoms with van der Waals surface area (Å²) in [6, 6.07) is 9.84. The van der Waals surface area contributed by atoms with Gasteiger partial charge < -0.3 is 15.4 Å². The minimum Gasteiger partial charge on any atom is -0.463 e. The summed E-state index contributed by atoms with van der Waals surface area (Å²) < 4.78 is 29.2. The zero-order valence-corrected chi connectivity index (χ0v) is 20.1. The van der Waals surface area contributed by atoms with E-state index in [-0.39, 0.29) is 25.9 Å². The Kier molecular flexibility index (Phi) is 6.38. The predicted octanol–water partition coefficient (Wildman–Crippen LogP) is 3.54. The van der Waals surface area contributed by atoms with Crippen molar-refractivity contribution >= 4 is 79.1 Å². The molecule has 2 aromatic heterocycles. The molecule has 3 aromatic rings. The lowest BCUT2D eigenvalue weighted by atomic mass is 10.2. The van der Waals surface area contributed by atoms with E-state index in [1.165, 1.54) is 6.07 Å². The van der Waals surface area contributed by atoms with Crippen molar-refractivity contribution in [2.75, 3.05) is 34.9 Å². The van der Waals surface area contributed by atoms with E-state index in [0.717, 1.165) is 23.3 Å². The summed E-state index contributed by atoms with van der Waals surface area (Å²) in [6.07, 6.45) is 0.969. The molecule has 3 N–H and O–H groups in total. The van der Waals surface area contributed by atoms with Gasteiger partial charge in [0.25, 0.3) is 17.8 Å². The number of thiazole rings is 1. The minimum absolute atomic E-state index is 0.0529. The van der Waals surface area contributed by atoms with Crippen LogP contribution in [0.25, 0.3) is 0 Å². The average molecular weight is 526 g/mol. The lowest BCUT2D eigenvalue weighted by molar-refractivity contribution is 0.102. The van der Waals surface area contributed by atoms with Gasteiger partial charge in [-0.25, -0.2) is 13.4 Å². The topological polar surface area (TPSA) is 142 Å². The third kappa shape index (κ3) is 5.16. The van der Waals surface area contributed by atoms with Crippen molar-refractivity contribution in [3.05, 3.63) is 50.5 Å². The molecule has 4 rings (SSSR count). The number of carbonyl (C=O) groups is 2. The van der Waals surface area contributed by atoms with Crippen LogP contribution in [0.5, 0.6) is 0 Å². The van der Waals surface area contributed by atoms with Gasteiger partial charge in [0.1, 0.15) is 11.5 Å². The molecular weight excluding hydrogens is 510 g/mol. The highest BCUT2D eigenvalue weighted by atomic mass is 35.5. The van der Waals surface area contributed by atoms with Crippen LogP contribution in [-0.2, 0) is 14.6 Å². The molecule has 0 radical (unpaired) electrons. The molecular formula is C19H16ClN5O5S3. The predicted molar refractivity (Wildman–Crippen MR) is 128 cm³/mol. The second-order valence-corrected chi connectivity index (χ2v) is 11.7. The highest BCUT2D eigenvalue weighted by Gasteiger charge is 2.25. The summed E-state index contributed by atoms with van der Waals surface area (Å²) in [4.78, 5) is 31.3. The van der Waals surface area contributed by atoms with Crippen LogP contribution in [-0.4, -0.2) is 50.6 Å². The fourth-order valence-corrected chi connectivity index (χ4v) is 5.57. The number of nitrogens with zero attached hydrogens (tertiary/aromatic N) is 2. The molecule has 14 heteroatoms. The molecule has 10 nitrogen and oxygen atoms in total. The Morgan fingerprint density at radius 3 is 2.42 bits per heavy atom. The van der Waals surface area contributed by atoms with E-state index in [1.807, 2.05) is 0 Å². The van der Waals surface area contributed by atoms with Crippen molar-refractivity contribution in [2.45, 2.75) is 4.34 Å². The van der Waals surface area contributed by atoms with Crippen molar-refractivity contribution < 1.29 is 22.7 Å². The maximum Gasteiger partial charge on any atom is 0.289 e. The van der Waals surface area contributed by atoms with Crippen molar-refractivity contribution in [3.8, 4) is 0 Å². The number of carbonyl (C=O) groups excluding carboxylic acids is 2. The van der Waals surface area contributed by atoms with Gasteiger partial charge in [0.2, 0.25) is 14.2 Å². The van der Waals surface area contributed by atoms with Crippen molar-refractivity contribution in [1.29, 1.82) is 5.41 Å². The van der Waals surface area contributed by atoms with Crippen LogP contribution < -0.4 is 15.5 Å². The molecule has 0 spiro atoms. The number of nitrogens with one attached hydrogen (secondary N) is 3. The number of thiophene rings is 1. The van der Waals surface area contributed by atoms with Crippen LogP contribution in [0.3, 0.4) is 0 Å². The highest BCUT2D eigenvalue weighted by Crippen LogP contribution is 2.30. The van der Waals surface area contributed by atoms with Gasteiger partial charge in [0.05, 0.1) is 15.8 Å². The third-order valence-corrected chi connectivity index (χ3v) is 8.36. The van der Waals surface area contributed by atoms with E-state index >= 15 is 0 Å². The van der Waals surface area contributed by atoms with Crippen molar-refractivity contribution in [3.63, 3.8) is 0 Å². The van der Waals surface area contributed by atoms with Gasteiger partial charge >= 0.3 is 0 Å². The van der Waals surface area contributed by atoms with E-state index in [1.54, 1.807) is 35.2 Å². The van der Waals surface area contributed by atoms with E-state index < -0.39 is 21.7 Å². The molecule has 0 unspecified atom stereocenters. The standard InChI is InChI=1S/C19H16ClN5O5S3/c1-33(28,29)19-24-15(23-16(26)12-6-7-13(20)31-12)14(32-19)17(27)22-10-2-4-11(5-3-10)25-8-9-30-18(25)21/h2-7,21H,8-9H2,1H3,(H,22,27)(H,23,26). The molecule has 172 valence electrons. The van der Waals surface area contributed by atoms with E-state index in [4.69, 9.17) is 21.7 Å². The van der Waals surface area contributed by atoms with Crippen LogP contribution in [0.4, 0.5) is 17.2 Å². The molecule has 3 heterocycles. The van der Waals surface area contributed by atoms with Gasteiger partial charge in [0.15, 0.2) is 5.82 Å². The maximum atomic E-state index is 12.9.